The Morgan fingerprint density at radius 3 is 2.64 bits per heavy atom. The topological polar surface area (TPSA) is 73.2 Å². The van der Waals surface area contributed by atoms with Crippen LogP contribution in [0.2, 0.25) is 0 Å². The average molecular weight is 335 g/mol. The lowest BCUT2D eigenvalue weighted by Crippen LogP contribution is -2.43. The second-order valence-electron chi connectivity index (χ2n) is 5.87. The molecule has 0 saturated carbocycles. The van der Waals surface area contributed by atoms with Crippen molar-refractivity contribution in [3.63, 3.8) is 0 Å². The molecular formula is C19H17N3O3. The number of amides is 1. The number of ether oxygens (including phenoxy) is 1. The van der Waals surface area contributed by atoms with Crippen LogP contribution in [0.5, 0.6) is 0 Å². The third kappa shape index (κ3) is 2.46. The first kappa shape index (κ1) is 15.4. The molecule has 6 heteroatoms. The van der Waals surface area contributed by atoms with E-state index >= 15 is 0 Å². The van der Waals surface area contributed by atoms with Gasteiger partial charge < -0.3 is 9.30 Å². The third-order valence-corrected chi connectivity index (χ3v) is 4.39. The summed E-state index contributed by atoms with van der Waals surface area (Å²) < 4.78 is 7.08. The summed E-state index contributed by atoms with van der Waals surface area (Å²) in [6.07, 6.45) is 0. The van der Waals surface area contributed by atoms with E-state index in [9.17, 15) is 9.59 Å². The zero-order valence-corrected chi connectivity index (χ0v) is 13.7. The summed E-state index contributed by atoms with van der Waals surface area (Å²) in [7, 11) is 0. The maximum atomic E-state index is 12.7. The first-order valence-corrected chi connectivity index (χ1v) is 8.20. The zero-order chi connectivity index (χ0) is 17.4. The van der Waals surface area contributed by atoms with Crippen molar-refractivity contribution in [2.75, 3.05) is 11.9 Å². The van der Waals surface area contributed by atoms with Crippen molar-refractivity contribution < 1.29 is 14.3 Å². The lowest BCUT2D eigenvalue weighted by Gasteiger charge is -2.32. The number of nitrogens with one attached hydrogen (secondary N) is 1. The molecule has 1 aliphatic rings. The fraction of sp³-hybridized carbons (Fsp3) is 0.211. The molecule has 2 heterocycles. The molecule has 2 atom stereocenters. The molecule has 4 rings (SSSR count). The van der Waals surface area contributed by atoms with E-state index in [1.165, 1.54) is 0 Å². The van der Waals surface area contributed by atoms with Gasteiger partial charge in [-0.15, -0.1) is 0 Å². The van der Waals surface area contributed by atoms with Crippen LogP contribution in [0, 0.1) is 5.92 Å². The maximum Gasteiger partial charge on any atom is 0.321 e. The van der Waals surface area contributed by atoms with E-state index in [0.717, 1.165) is 16.6 Å². The van der Waals surface area contributed by atoms with Crippen LogP contribution in [-0.4, -0.2) is 28.0 Å². The second-order valence-corrected chi connectivity index (χ2v) is 5.87. The number of carbonyl (C=O) groups excluding carboxylic acids is 2. The molecular weight excluding hydrogens is 318 g/mol. The number of anilines is 1. The predicted octanol–water partition coefficient (Wildman–Crippen LogP) is 2.76. The van der Waals surface area contributed by atoms with Gasteiger partial charge >= 0.3 is 5.97 Å². The number of imidazole rings is 1. The normalized spacial score (nSPS) is 19.3. The highest BCUT2D eigenvalue weighted by molar-refractivity contribution is 6.07. The number of para-hydroxylation sites is 2. The minimum Gasteiger partial charge on any atom is -0.465 e. The summed E-state index contributed by atoms with van der Waals surface area (Å²) in [5.41, 5.74) is 2.49. The molecule has 0 fully saturated rings. The number of fused-ring (bicyclic) bond motifs is 3. The van der Waals surface area contributed by atoms with Gasteiger partial charge in [0.25, 0.3) is 0 Å². The SMILES string of the molecule is CCOC(=O)C1C(=O)Nc2nc3ccccc3n2C1c1ccccc1. The molecule has 1 N–H and O–H groups in total. The number of esters is 1. The molecule has 25 heavy (non-hydrogen) atoms. The Morgan fingerprint density at radius 1 is 1.16 bits per heavy atom. The van der Waals surface area contributed by atoms with Crippen molar-refractivity contribution in [1.82, 2.24) is 9.55 Å². The molecule has 0 bridgehead atoms. The van der Waals surface area contributed by atoms with E-state index in [-0.39, 0.29) is 6.61 Å². The van der Waals surface area contributed by atoms with Crippen LogP contribution in [0.3, 0.4) is 0 Å². The van der Waals surface area contributed by atoms with E-state index < -0.39 is 23.8 Å². The molecule has 0 radical (unpaired) electrons. The number of rotatable bonds is 3. The lowest BCUT2D eigenvalue weighted by atomic mass is 9.90. The van der Waals surface area contributed by atoms with Crippen LogP contribution in [0.25, 0.3) is 11.0 Å². The predicted molar refractivity (Wildman–Crippen MR) is 93.1 cm³/mol. The number of carbonyl (C=O) groups is 2. The van der Waals surface area contributed by atoms with Crippen LogP contribution >= 0.6 is 0 Å². The largest absolute Gasteiger partial charge is 0.465 e. The van der Waals surface area contributed by atoms with Crippen LogP contribution in [-0.2, 0) is 14.3 Å². The van der Waals surface area contributed by atoms with E-state index in [2.05, 4.69) is 10.3 Å². The Morgan fingerprint density at radius 2 is 1.88 bits per heavy atom. The van der Waals surface area contributed by atoms with E-state index in [0.29, 0.717) is 5.95 Å². The first-order chi connectivity index (χ1) is 12.2. The van der Waals surface area contributed by atoms with E-state index in [4.69, 9.17) is 4.74 Å². The summed E-state index contributed by atoms with van der Waals surface area (Å²) in [6.45, 7) is 1.95. The van der Waals surface area contributed by atoms with Crippen LogP contribution in [0.1, 0.15) is 18.5 Å². The van der Waals surface area contributed by atoms with Crippen molar-refractivity contribution in [3.05, 3.63) is 60.2 Å². The van der Waals surface area contributed by atoms with Crippen LogP contribution in [0.4, 0.5) is 5.95 Å². The van der Waals surface area contributed by atoms with Crippen molar-refractivity contribution in [3.8, 4) is 0 Å². The van der Waals surface area contributed by atoms with Crippen molar-refractivity contribution in [1.29, 1.82) is 0 Å². The molecule has 1 aromatic heterocycles. The second kappa shape index (κ2) is 6.05. The molecule has 0 aliphatic carbocycles. The number of benzene rings is 2. The van der Waals surface area contributed by atoms with Gasteiger partial charge in [0, 0.05) is 0 Å². The number of hydrogen-bond acceptors (Lipinski definition) is 4. The number of hydrogen-bond donors (Lipinski definition) is 1. The van der Waals surface area contributed by atoms with Crippen LogP contribution < -0.4 is 5.32 Å². The Balaban J connectivity index is 1.96. The zero-order valence-electron chi connectivity index (χ0n) is 13.7. The van der Waals surface area contributed by atoms with Gasteiger partial charge in [-0.05, 0) is 24.6 Å². The fourth-order valence-electron chi connectivity index (χ4n) is 3.35. The van der Waals surface area contributed by atoms with Crippen molar-refractivity contribution >= 4 is 28.9 Å². The summed E-state index contributed by atoms with van der Waals surface area (Å²) >= 11 is 0. The first-order valence-electron chi connectivity index (χ1n) is 8.20. The summed E-state index contributed by atoms with van der Waals surface area (Å²) in [5, 5.41) is 2.75. The minimum atomic E-state index is -0.965. The van der Waals surface area contributed by atoms with Gasteiger partial charge in [0.2, 0.25) is 11.9 Å². The Hall–Kier alpha value is -3.15. The molecule has 126 valence electrons. The van der Waals surface area contributed by atoms with E-state index in [1.54, 1.807) is 6.92 Å². The molecule has 2 unspecified atom stereocenters. The highest BCUT2D eigenvalue weighted by Crippen LogP contribution is 2.38. The highest BCUT2D eigenvalue weighted by atomic mass is 16.5. The molecule has 2 aromatic carbocycles. The molecule has 6 nitrogen and oxygen atoms in total. The summed E-state index contributed by atoms with van der Waals surface area (Å²) in [6, 6.07) is 16.6. The number of aromatic nitrogens is 2. The standard InChI is InChI=1S/C19H17N3O3/c1-2-25-18(24)15-16(12-8-4-3-5-9-12)22-14-11-7-6-10-13(14)20-19(22)21-17(15)23/h3-11,15-16H,2H2,1H3,(H,20,21,23). The minimum absolute atomic E-state index is 0.224. The van der Waals surface area contributed by atoms with Gasteiger partial charge in [-0.25, -0.2) is 4.98 Å². The lowest BCUT2D eigenvalue weighted by molar-refractivity contribution is -0.152. The smallest absolute Gasteiger partial charge is 0.321 e. The van der Waals surface area contributed by atoms with Gasteiger partial charge in [0.1, 0.15) is 0 Å². The third-order valence-electron chi connectivity index (χ3n) is 4.39. The molecule has 0 saturated heterocycles. The molecule has 0 spiro atoms. The summed E-state index contributed by atoms with van der Waals surface area (Å²) in [5.74, 6) is -1.44. The van der Waals surface area contributed by atoms with Crippen molar-refractivity contribution in [2.45, 2.75) is 13.0 Å². The Bertz CT molecular complexity index is 949. The summed E-state index contributed by atoms with van der Waals surface area (Å²) in [4.78, 5) is 29.7. The highest BCUT2D eigenvalue weighted by Gasteiger charge is 2.43. The average Bonchev–Trinajstić information content (AvgIpc) is 2.99. The Kier molecular flexibility index (Phi) is 3.72. The molecule has 3 aromatic rings. The maximum absolute atomic E-state index is 12.7. The van der Waals surface area contributed by atoms with Gasteiger partial charge in [-0.1, -0.05) is 42.5 Å². The molecule has 1 amide bonds. The Labute approximate surface area is 144 Å². The van der Waals surface area contributed by atoms with Crippen LogP contribution in [0.15, 0.2) is 54.6 Å². The van der Waals surface area contributed by atoms with Gasteiger partial charge in [0.15, 0.2) is 5.92 Å². The van der Waals surface area contributed by atoms with E-state index in [1.807, 2.05) is 59.2 Å². The monoisotopic (exact) mass is 335 g/mol. The van der Waals surface area contributed by atoms with Gasteiger partial charge in [-0.3, -0.25) is 14.9 Å². The number of nitrogens with zero attached hydrogens (tertiary/aromatic N) is 2. The molecule has 1 aliphatic heterocycles. The fourth-order valence-corrected chi connectivity index (χ4v) is 3.35. The van der Waals surface area contributed by atoms with Gasteiger partial charge in [0.05, 0.1) is 23.7 Å². The van der Waals surface area contributed by atoms with Gasteiger partial charge in [-0.2, -0.15) is 0 Å². The van der Waals surface area contributed by atoms with Crippen molar-refractivity contribution in [2.24, 2.45) is 5.92 Å². The quantitative estimate of drug-likeness (QED) is 0.590.